The van der Waals surface area contributed by atoms with E-state index in [4.69, 9.17) is 9.47 Å². The van der Waals surface area contributed by atoms with E-state index in [0.29, 0.717) is 6.42 Å². The fraction of sp³-hybridized carbons (Fsp3) is 0.357. The molecule has 3 amide bonds. The van der Waals surface area contributed by atoms with Crippen LogP contribution in [0.15, 0.2) is 54.6 Å². The summed E-state index contributed by atoms with van der Waals surface area (Å²) in [6.45, 7) is 3.35. The average Bonchev–Trinajstić information content (AvgIpc) is 3.30. The molecule has 0 bridgehead atoms. The van der Waals surface area contributed by atoms with E-state index in [0.717, 1.165) is 27.7 Å². The molecule has 0 spiro atoms. The molecule has 198 valence electrons. The number of esters is 1. The third-order valence-electron chi connectivity index (χ3n) is 7.15. The minimum atomic E-state index is -0.860. The number of carbonyl (C=O) groups is 4. The highest BCUT2D eigenvalue weighted by atomic mass is 16.5. The normalized spacial score (nSPS) is 20.6. The first kappa shape index (κ1) is 25.3. The molecule has 38 heavy (non-hydrogen) atoms. The van der Waals surface area contributed by atoms with Gasteiger partial charge in [-0.3, -0.25) is 14.4 Å². The summed E-state index contributed by atoms with van der Waals surface area (Å²) in [5, 5.41) is 3.73. The van der Waals surface area contributed by atoms with Crippen LogP contribution in [0.3, 0.4) is 0 Å². The molecule has 1 saturated heterocycles. The Hall–Kier alpha value is -4.34. The molecule has 2 aromatic carbocycles. The Balaban J connectivity index is 1.42. The number of rotatable bonds is 7. The lowest BCUT2D eigenvalue weighted by Gasteiger charge is -2.49. The summed E-state index contributed by atoms with van der Waals surface area (Å²) in [6.07, 6.45) is -0.327. The van der Waals surface area contributed by atoms with Gasteiger partial charge in [-0.05, 0) is 31.0 Å². The summed E-state index contributed by atoms with van der Waals surface area (Å²) >= 11 is 0. The molecule has 5 rings (SSSR count). The predicted molar refractivity (Wildman–Crippen MR) is 138 cm³/mol. The number of nitrogens with one attached hydrogen (secondary N) is 2. The van der Waals surface area contributed by atoms with E-state index in [1.165, 1.54) is 4.90 Å². The summed E-state index contributed by atoms with van der Waals surface area (Å²) in [5.41, 5.74) is 3.42. The molecular weight excluding hydrogens is 488 g/mol. The van der Waals surface area contributed by atoms with Gasteiger partial charge < -0.3 is 29.6 Å². The molecule has 0 aliphatic carbocycles. The van der Waals surface area contributed by atoms with Crippen molar-refractivity contribution in [3.63, 3.8) is 0 Å². The number of piperazine rings is 1. The number of alkyl carbamates (subject to hydrolysis) is 1. The van der Waals surface area contributed by atoms with Crippen molar-refractivity contribution in [3.8, 4) is 0 Å². The molecule has 1 aromatic heterocycles. The van der Waals surface area contributed by atoms with Crippen LogP contribution in [0.4, 0.5) is 4.79 Å². The van der Waals surface area contributed by atoms with Gasteiger partial charge in [0, 0.05) is 29.6 Å². The van der Waals surface area contributed by atoms with Crippen molar-refractivity contribution in [2.45, 2.75) is 45.0 Å². The molecular formula is C28H30N4O6. The lowest BCUT2D eigenvalue weighted by atomic mass is 9.87. The first-order valence-electron chi connectivity index (χ1n) is 12.7. The number of hydrogen-bond donors (Lipinski definition) is 2. The Bertz CT molecular complexity index is 1370. The van der Waals surface area contributed by atoms with Gasteiger partial charge >= 0.3 is 12.1 Å². The number of aromatic nitrogens is 1. The van der Waals surface area contributed by atoms with E-state index in [-0.39, 0.29) is 38.1 Å². The third kappa shape index (κ3) is 4.69. The molecule has 2 aliphatic rings. The number of benzene rings is 2. The van der Waals surface area contributed by atoms with Crippen molar-refractivity contribution in [1.82, 2.24) is 20.1 Å². The molecule has 3 aromatic rings. The molecule has 2 aliphatic heterocycles. The second kappa shape index (κ2) is 10.6. The molecule has 10 nitrogen and oxygen atoms in total. The maximum atomic E-state index is 13.7. The lowest BCUT2D eigenvalue weighted by Crippen LogP contribution is -2.67. The van der Waals surface area contributed by atoms with Crippen molar-refractivity contribution in [1.29, 1.82) is 0 Å². The molecule has 3 atom stereocenters. The van der Waals surface area contributed by atoms with Crippen molar-refractivity contribution in [3.05, 3.63) is 71.4 Å². The van der Waals surface area contributed by atoms with Crippen LogP contribution in [-0.2, 0) is 36.9 Å². The molecule has 0 unspecified atom stereocenters. The Labute approximate surface area is 219 Å². The van der Waals surface area contributed by atoms with Crippen molar-refractivity contribution in [2.24, 2.45) is 0 Å². The van der Waals surface area contributed by atoms with Gasteiger partial charge in [0.25, 0.3) is 0 Å². The Kier molecular flexibility index (Phi) is 7.04. The number of ether oxygens (including phenoxy) is 2. The van der Waals surface area contributed by atoms with E-state index in [1.807, 2.05) is 54.6 Å². The maximum Gasteiger partial charge on any atom is 0.407 e. The van der Waals surface area contributed by atoms with Crippen LogP contribution in [0.1, 0.15) is 36.7 Å². The largest absolute Gasteiger partial charge is 0.465 e. The number of aromatic amines is 1. The van der Waals surface area contributed by atoms with Crippen molar-refractivity contribution >= 4 is 34.8 Å². The zero-order valence-corrected chi connectivity index (χ0v) is 21.3. The van der Waals surface area contributed by atoms with E-state index < -0.39 is 30.2 Å². The SMILES string of the molecule is CCOC(=O)CN1C(=O)[C@@H]2Cc3c([nH]c4ccccc34)[C@H](CNC(=O)OCc3ccccc3)N2C(=O)[C@@H]1C. The van der Waals surface area contributed by atoms with Gasteiger partial charge in [0.05, 0.1) is 12.6 Å². The van der Waals surface area contributed by atoms with Gasteiger partial charge in [-0.15, -0.1) is 0 Å². The highest BCUT2D eigenvalue weighted by Gasteiger charge is 2.51. The van der Waals surface area contributed by atoms with E-state index in [1.54, 1.807) is 18.7 Å². The first-order valence-corrected chi connectivity index (χ1v) is 12.7. The van der Waals surface area contributed by atoms with Gasteiger partial charge in [-0.25, -0.2) is 4.79 Å². The van der Waals surface area contributed by atoms with Crippen LogP contribution >= 0.6 is 0 Å². The summed E-state index contributed by atoms with van der Waals surface area (Å²) < 4.78 is 10.4. The zero-order valence-electron chi connectivity index (χ0n) is 21.3. The number of nitrogens with zero attached hydrogens (tertiary/aromatic N) is 2. The van der Waals surface area contributed by atoms with E-state index in [2.05, 4.69) is 10.3 Å². The molecule has 0 radical (unpaired) electrons. The quantitative estimate of drug-likeness (QED) is 0.464. The van der Waals surface area contributed by atoms with Gasteiger partial charge in [0.15, 0.2) is 0 Å². The molecule has 2 N–H and O–H groups in total. The summed E-state index contributed by atoms with van der Waals surface area (Å²) in [7, 11) is 0. The fourth-order valence-electron chi connectivity index (χ4n) is 5.33. The Morgan fingerprint density at radius 1 is 1.03 bits per heavy atom. The summed E-state index contributed by atoms with van der Waals surface area (Å²) in [6, 6.07) is 14.8. The molecule has 0 saturated carbocycles. The predicted octanol–water partition coefficient (Wildman–Crippen LogP) is 2.68. The van der Waals surface area contributed by atoms with Gasteiger partial charge in [0.1, 0.15) is 25.2 Å². The third-order valence-corrected chi connectivity index (χ3v) is 7.15. The Morgan fingerprint density at radius 2 is 1.76 bits per heavy atom. The smallest absolute Gasteiger partial charge is 0.407 e. The topological polar surface area (TPSA) is 121 Å². The average molecular weight is 519 g/mol. The van der Waals surface area contributed by atoms with Gasteiger partial charge in [-0.2, -0.15) is 0 Å². The summed E-state index contributed by atoms with van der Waals surface area (Å²) in [4.78, 5) is 58.4. The lowest BCUT2D eigenvalue weighted by molar-refractivity contribution is -0.168. The number of hydrogen-bond acceptors (Lipinski definition) is 6. The molecule has 1 fully saturated rings. The Morgan fingerprint density at radius 3 is 2.53 bits per heavy atom. The number of para-hydroxylation sites is 1. The van der Waals surface area contributed by atoms with Crippen LogP contribution in [0.2, 0.25) is 0 Å². The number of carbonyl (C=O) groups excluding carboxylic acids is 4. The van der Waals surface area contributed by atoms with Crippen LogP contribution in [0, 0.1) is 0 Å². The highest BCUT2D eigenvalue weighted by molar-refractivity contribution is 6.00. The molecule has 3 heterocycles. The van der Waals surface area contributed by atoms with Crippen LogP contribution in [0.25, 0.3) is 10.9 Å². The monoisotopic (exact) mass is 518 g/mol. The van der Waals surface area contributed by atoms with Crippen LogP contribution in [0.5, 0.6) is 0 Å². The standard InChI is InChI=1S/C28H30N4O6/c1-3-37-24(33)15-31-17(2)26(34)32-22(27(31)35)13-20-19-11-7-8-12-21(19)30-25(20)23(32)14-29-28(36)38-16-18-9-5-4-6-10-18/h4-12,17,22-23,30H,3,13-16H2,1-2H3,(H,29,36)/t17-,22-,23-/m0/s1. The first-order chi connectivity index (χ1) is 18.4. The van der Waals surface area contributed by atoms with Crippen LogP contribution < -0.4 is 5.32 Å². The van der Waals surface area contributed by atoms with E-state index >= 15 is 0 Å². The van der Waals surface area contributed by atoms with Crippen molar-refractivity contribution < 1.29 is 28.7 Å². The number of amides is 3. The fourth-order valence-corrected chi connectivity index (χ4v) is 5.33. The highest BCUT2D eigenvalue weighted by Crippen LogP contribution is 2.40. The van der Waals surface area contributed by atoms with Gasteiger partial charge in [-0.1, -0.05) is 48.5 Å². The second-order valence-electron chi connectivity index (χ2n) is 9.43. The number of H-pyrrole nitrogens is 1. The van der Waals surface area contributed by atoms with Crippen LogP contribution in [-0.4, -0.2) is 70.4 Å². The maximum absolute atomic E-state index is 13.7. The number of fused-ring (bicyclic) bond motifs is 4. The van der Waals surface area contributed by atoms with Crippen molar-refractivity contribution in [2.75, 3.05) is 19.7 Å². The molecule has 10 heteroatoms. The zero-order chi connectivity index (χ0) is 26.8. The summed E-state index contributed by atoms with van der Waals surface area (Å²) in [5.74, 6) is -1.18. The van der Waals surface area contributed by atoms with E-state index in [9.17, 15) is 19.2 Å². The minimum absolute atomic E-state index is 0.0492. The van der Waals surface area contributed by atoms with Gasteiger partial charge in [0.2, 0.25) is 11.8 Å². The second-order valence-corrected chi connectivity index (χ2v) is 9.43. The minimum Gasteiger partial charge on any atom is -0.465 e.